The lowest BCUT2D eigenvalue weighted by atomic mass is 9.81. The van der Waals surface area contributed by atoms with Crippen LogP contribution in [0, 0.1) is 0 Å². The number of benzene rings is 10. The molecule has 11 aromatic rings. The maximum absolute atomic E-state index is 2.45. The molecule has 1 heterocycles. The Morgan fingerprint density at radius 1 is 0.328 bits per heavy atom. The first-order valence-corrected chi connectivity index (χ1v) is 20.3. The van der Waals surface area contributed by atoms with Gasteiger partial charge in [-0.25, -0.2) is 0 Å². The smallest absolute Gasteiger partial charge is 0.0535 e. The first-order chi connectivity index (χ1) is 28.5. The standard InChI is InChI=1S/C57H39N/c1-57(2)54-33-37(36-14-4-3-5-15-36)24-27-48(54)49-28-26-41(34-55(49)57)58-35-53(51-31-39-17-7-9-19-43(39)45-21-11-13-23-47(45)51)52-32-40(25-29-56(52)58)50-30-38-16-6-8-18-42(38)44-20-10-12-22-46(44)50/h3-35H,1-2H3. The summed E-state index contributed by atoms with van der Waals surface area (Å²) in [6.07, 6.45) is 2.40. The van der Waals surface area contributed by atoms with Crippen LogP contribution in [0.3, 0.4) is 0 Å². The topological polar surface area (TPSA) is 4.93 Å². The summed E-state index contributed by atoms with van der Waals surface area (Å²) in [6, 6.07) is 72.1. The van der Waals surface area contributed by atoms with E-state index < -0.39 is 0 Å². The van der Waals surface area contributed by atoms with Crippen LogP contribution in [0.25, 0.3) is 104 Å². The van der Waals surface area contributed by atoms with Gasteiger partial charge in [-0.3, -0.25) is 0 Å². The van der Waals surface area contributed by atoms with Crippen molar-refractivity contribution in [2.75, 3.05) is 0 Å². The number of hydrogen-bond acceptors (Lipinski definition) is 0. The molecule has 0 fully saturated rings. The minimum absolute atomic E-state index is 0.157. The Balaban J connectivity index is 1.09. The van der Waals surface area contributed by atoms with Gasteiger partial charge in [-0.05, 0) is 136 Å². The highest BCUT2D eigenvalue weighted by atomic mass is 15.0. The van der Waals surface area contributed by atoms with E-state index >= 15 is 0 Å². The molecule has 0 saturated heterocycles. The molecule has 272 valence electrons. The van der Waals surface area contributed by atoms with Crippen LogP contribution in [0.2, 0.25) is 0 Å². The van der Waals surface area contributed by atoms with Gasteiger partial charge in [0.15, 0.2) is 0 Å². The lowest BCUT2D eigenvalue weighted by Gasteiger charge is -2.23. The van der Waals surface area contributed by atoms with Gasteiger partial charge in [0.2, 0.25) is 0 Å². The fourth-order valence-corrected chi connectivity index (χ4v) is 10.1. The summed E-state index contributed by atoms with van der Waals surface area (Å²) < 4.78 is 2.44. The average Bonchev–Trinajstić information content (AvgIpc) is 3.77. The van der Waals surface area contributed by atoms with Gasteiger partial charge in [-0.2, -0.15) is 0 Å². The molecule has 1 aliphatic rings. The van der Waals surface area contributed by atoms with Crippen molar-refractivity contribution >= 4 is 54.0 Å². The van der Waals surface area contributed by atoms with Gasteiger partial charge >= 0.3 is 0 Å². The van der Waals surface area contributed by atoms with Crippen molar-refractivity contribution in [3.05, 3.63) is 211 Å². The molecule has 0 atom stereocenters. The highest BCUT2D eigenvalue weighted by molar-refractivity contribution is 6.18. The summed E-state index contributed by atoms with van der Waals surface area (Å²) >= 11 is 0. The Morgan fingerprint density at radius 3 is 1.55 bits per heavy atom. The van der Waals surface area contributed by atoms with E-state index in [1.807, 2.05) is 0 Å². The molecule has 0 N–H and O–H groups in total. The van der Waals surface area contributed by atoms with E-state index in [1.54, 1.807) is 0 Å². The summed E-state index contributed by atoms with van der Waals surface area (Å²) in [5.41, 5.74) is 15.1. The third kappa shape index (κ3) is 4.83. The van der Waals surface area contributed by atoms with Crippen LogP contribution in [0.15, 0.2) is 200 Å². The van der Waals surface area contributed by atoms with Gasteiger partial charge in [0, 0.05) is 28.2 Å². The zero-order chi connectivity index (χ0) is 38.5. The van der Waals surface area contributed by atoms with E-state index in [9.17, 15) is 0 Å². The molecular weight excluding hydrogens is 699 g/mol. The molecule has 0 radical (unpaired) electrons. The third-order valence-corrected chi connectivity index (χ3v) is 13.0. The molecule has 0 bridgehead atoms. The first-order valence-electron chi connectivity index (χ1n) is 20.3. The van der Waals surface area contributed by atoms with Gasteiger partial charge in [-0.1, -0.05) is 166 Å². The maximum atomic E-state index is 2.45. The zero-order valence-electron chi connectivity index (χ0n) is 32.5. The average molecular weight is 738 g/mol. The number of hydrogen-bond donors (Lipinski definition) is 0. The van der Waals surface area contributed by atoms with Crippen LogP contribution in [-0.2, 0) is 5.41 Å². The Hall–Kier alpha value is -7.22. The molecule has 0 spiro atoms. The lowest BCUT2D eigenvalue weighted by molar-refractivity contribution is 0.660. The molecule has 58 heavy (non-hydrogen) atoms. The quantitative estimate of drug-likeness (QED) is 0.159. The predicted octanol–water partition coefficient (Wildman–Crippen LogP) is 15.6. The van der Waals surface area contributed by atoms with Crippen molar-refractivity contribution in [2.45, 2.75) is 19.3 Å². The van der Waals surface area contributed by atoms with E-state index in [0.717, 1.165) is 0 Å². The van der Waals surface area contributed by atoms with E-state index in [4.69, 9.17) is 0 Å². The number of aromatic nitrogens is 1. The van der Waals surface area contributed by atoms with E-state index in [-0.39, 0.29) is 5.41 Å². The molecule has 12 rings (SSSR count). The molecule has 0 saturated carbocycles. The Kier molecular flexibility index (Phi) is 7.04. The van der Waals surface area contributed by atoms with Crippen molar-refractivity contribution < 1.29 is 0 Å². The molecule has 1 aromatic heterocycles. The molecule has 0 amide bonds. The maximum Gasteiger partial charge on any atom is 0.0535 e. The molecule has 1 nitrogen and oxygen atoms in total. The predicted molar refractivity (Wildman–Crippen MR) is 247 cm³/mol. The monoisotopic (exact) mass is 737 g/mol. The third-order valence-electron chi connectivity index (χ3n) is 13.0. The fourth-order valence-electron chi connectivity index (χ4n) is 10.1. The van der Waals surface area contributed by atoms with Crippen molar-refractivity contribution in [1.29, 1.82) is 0 Å². The Labute approximate surface area is 338 Å². The lowest BCUT2D eigenvalue weighted by Crippen LogP contribution is -2.15. The summed E-state index contributed by atoms with van der Waals surface area (Å²) in [5.74, 6) is 0. The van der Waals surface area contributed by atoms with Crippen LogP contribution in [0.1, 0.15) is 25.0 Å². The largest absolute Gasteiger partial charge is 0.316 e. The summed E-state index contributed by atoms with van der Waals surface area (Å²) in [5, 5.41) is 11.4. The van der Waals surface area contributed by atoms with Crippen molar-refractivity contribution in [3.63, 3.8) is 0 Å². The van der Waals surface area contributed by atoms with E-state index in [0.29, 0.717) is 0 Å². The highest BCUT2D eigenvalue weighted by Crippen LogP contribution is 2.51. The highest BCUT2D eigenvalue weighted by Gasteiger charge is 2.36. The second-order valence-corrected chi connectivity index (χ2v) is 16.5. The molecule has 0 aliphatic heterocycles. The van der Waals surface area contributed by atoms with Crippen LogP contribution in [-0.4, -0.2) is 4.57 Å². The normalized spacial score (nSPS) is 13.1. The molecule has 10 aromatic carbocycles. The summed E-state index contributed by atoms with van der Waals surface area (Å²) in [7, 11) is 0. The summed E-state index contributed by atoms with van der Waals surface area (Å²) in [4.78, 5) is 0. The second-order valence-electron chi connectivity index (χ2n) is 16.5. The van der Waals surface area contributed by atoms with Crippen molar-refractivity contribution in [3.8, 4) is 50.2 Å². The molecular formula is C57H39N. The van der Waals surface area contributed by atoms with Crippen molar-refractivity contribution in [1.82, 2.24) is 4.57 Å². The van der Waals surface area contributed by atoms with E-state index in [2.05, 4.69) is 219 Å². The molecule has 1 aliphatic carbocycles. The SMILES string of the molecule is CC1(C)c2cc(-c3ccccc3)ccc2-c2ccc(-n3cc(-c4cc5ccccc5c5ccccc45)c4cc(-c5cc6ccccc6c6ccccc56)ccc43)cc21. The van der Waals surface area contributed by atoms with Crippen LogP contribution in [0.4, 0.5) is 0 Å². The molecule has 1 heteroatoms. The van der Waals surface area contributed by atoms with Crippen molar-refractivity contribution in [2.24, 2.45) is 0 Å². The Bertz CT molecular complexity index is 3470. The second kappa shape index (κ2) is 12.4. The van der Waals surface area contributed by atoms with Crippen LogP contribution < -0.4 is 0 Å². The number of rotatable bonds is 4. The Morgan fingerprint density at radius 2 is 0.862 bits per heavy atom. The van der Waals surface area contributed by atoms with Gasteiger partial charge in [0.1, 0.15) is 0 Å². The van der Waals surface area contributed by atoms with Gasteiger partial charge in [-0.15, -0.1) is 0 Å². The van der Waals surface area contributed by atoms with Gasteiger partial charge < -0.3 is 4.57 Å². The number of fused-ring (bicyclic) bond motifs is 10. The summed E-state index contributed by atoms with van der Waals surface area (Å²) in [6.45, 7) is 4.77. The van der Waals surface area contributed by atoms with Gasteiger partial charge in [0.25, 0.3) is 0 Å². The van der Waals surface area contributed by atoms with Gasteiger partial charge in [0.05, 0.1) is 5.52 Å². The van der Waals surface area contributed by atoms with Crippen LogP contribution in [0.5, 0.6) is 0 Å². The molecule has 0 unspecified atom stereocenters. The fraction of sp³-hybridized carbons (Fsp3) is 0.0526. The van der Waals surface area contributed by atoms with E-state index in [1.165, 1.54) is 115 Å². The first kappa shape index (κ1) is 33.0. The van der Waals surface area contributed by atoms with Crippen LogP contribution >= 0.6 is 0 Å². The minimum Gasteiger partial charge on any atom is -0.316 e. The number of nitrogens with zero attached hydrogens (tertiary/aromatic N) is 1. The minimum atomic E-state index is -0.157. The zero-order valence-corrected chi connectivity index (χ0v) is 32.5.